The summed E-state index contributed by atoms with van der Waals surface area (Å²) < 4.78 is 17.7. The molecule has 0 heterocycles. The van der Waals surface area contributed by atoms with E-state index in [1.165, 1.54) is 25.3 Å². The molecule has 0 amide bonds. The number of methoxy groups -OCH3 is 1. The van der Waals surface area contributed by atoms with E-state index >= 15 is 0 Å². The van der Waals surface area contributed by atoms with Crippen LogP contribution in [-0.4, -0.2) is 18.6 Å². The number of hydrogen-bond donors (Lipinski definition) is 1. The predicted molar refractivity (Wildman–Crippen MR) is 81.5 cm³/mol. The highest BCUT2D eigenvalue weighted by molar-refractivity contribution is 5.48. The monoisotopic (exact) mass is 304 g/mol. The van der Waals surface area contributed by atoms with Gasteiger partial charge in [-0.2, -0.15) is 0 Å². The van der Waals surface area contributed by atoms with Crippen LogP contribution in [0.3, 0.4) is 0 Å². The summed E-state index contributed by atoms with van der Waals surface area (Å²) in [5.74, 6) is 0.00214. The van der Waals surface area contributed by atoms with Gasteiger partial charge >= 0.3 is 5.69 Å². The van der Waals surface area contributed by atoms with Gasteiger partial charge in [0.1, 0.15) is 5.82 Å². The standard InChI is InChI=1S/C16H17FN2O3/c1-22-16-7-4-13(10-15(16)19(20)21)11-18-9-8-12-2-5-14(17)6-3-12/h2-7,10,18H,8-9,11H2,1H3. The summed E-state index contributed by atoms with van der Waals surface area (Å²) in [4.78, 5) is 10.5. The number of nitrogens with zero attached hydrogens (tertiary/aromatic N) is 1. The molecule has 0 bridgehead atoms. The van der Waals surface area contributed by atoms with Crippen LogP contribution in [0.1, 0.15) is 11.1 Å². The molecule has 1 N–H and O–H groups in total. The van der Waals surface area contributed by atoms with Gasteiger partial charge in [-0.05, 0) is 42.3 Å². The lowest BCUT2D eigenvalue weighted by atomic mass is 10.1. The molecule has 0 unspecified atom stereocenters. The van der Waals surface area contributed by atoms with Crippen LogP contribution in [0.25, 0.3) is 0 Å². The summed E-state index contributed by atoms with van der Waals surface area (Å²) in [7, 11) is 1.41. The van der Waals surface area contributed by atoms with Crippen LogP contribution in [0.15, 0.2) is 42.5 Å². The number of ether oxygens (including phenoxy) is 1. The zero-order chi connectivity index (χ0) is 15.9. The number of nitro groups is 1. The maximum atomic E-state index is 12.8. The number of nitro benzene ring substituents is 1. The molecule has 0 aliphatic carbocycles. The highest BCUT2D eigenvalue weighted by Crippen LogP contribution is 2.27. The molecule has 0 aromatic heterocycles. The quantitative estimate of drug-likeness (QED) is 0.485. The Balaban J connectivity index is 1.87. The summed E-state index contributed by atoms with van der Waals surface area (Å²) in [5, 5.41) is 14.2. The number of nitrogens with one attached hydrogen (secondary N) is 1. The third-order valence-electron chi connectivity index (χ3n) is 3.27. The molecule has 0 radical (unpaired) electrons. The average Bonchev–Trinajstić information content (AvgIpc) is 2.53. The molecule has 0 saturated heterocycles. The van der Waals surface area contributed by atoms with Gasteiger partial charge in [-0.15, -0.1) is 0 Å². The van der Waals surface area contributed by atoms with Gasteiger partial charge in [0.15, 0.2) is 5.75 Å². The van der Waals surface area contributed by atoms with Gasteiger partial charge < -0.3 is 10.1 Å². The molecule has 0 saturated carbocycles. The first-order valence-corrected chi connectivity index (χ1v) is 6.86. The van der Waals surface area contributed by atoms with Crippen molar-refractivity contribution in [3.63, 3.8) is 0 Å². The van der Waals surface area contributed by atoms with Crippen LogP contribution < -0.4 is 10.1 Å². The van der Waals surface area contributed by atoms with E-state index in [0.717, 1.165) is 17.5 Å². The highest BCUT2D eigenvalue weighted by atomic mass is 19.1. The van der Waals surface area contributed by atoms with Crippen LogP contribution in [0.4, 0.5) is 10.1 Å². The first-order valence-electron chi connectivity index (χ1n) is 6.86. The van der Waals surface area contributed by atoms with E-state index in [4.69, 9.17) is 4.74 Å². The zero-order valence-corrected chi connectivity index (χ0v) is 12.2. The van der Waals surface area contributed by atoms with E-state index in [2.05, 4.69) is 5.32 Å². The fourth-order valence-corrected chi connectivity index (χ4v) is 2.10. The molecular weight excluding hydrogens is 287 g/mol. The van der Waals surface area contributed by atoms with Crippen LogP contribution >= 0.6 is 0 Å². The first-order chi connectivity index (χ1) is 10.6. The van der Waals surface area contributed by atoms with Gasteiger partial charge in [-0.3, -0.25) is 10.1 Å². The topological polar surface area (TPSA) is 64.4 Å². The number of rotatable bonds is 7. The lowest BCUT2D eigenvalue weighted by Crippen LogP contribution is -2.16. The fraction of sp³-hybridized carbons (Fsp3) is 0.250. The van der Waals surface area contributed by atoms with Gasteiger partial charge in [-0.25, -0.2) is 4.39 Å². The van der Waals surface area contributed by atoms with Gasteiger partial charge in [0.25, 0.3) is 0 Å². The zero-order valence-electron chi connectivity index (χ0n) is 12.2. The molecule has 5 nitrogen and oxygen atoms in total. The minimum absolute atomic E-state index is 0.0414. The van der Waals surface area contributed by atoms with Crippen molar-refractivity contribution in [1.82, 2.24) is 5.32 Å². The second kappa shape index (κ2) is 7.51. The molecule has 22 heavy (non-hydrogen) atoms. The van der Waals surface area contributed by atoms with E-state index in [1.807, 2.05) is 0 Å². The van der Waals surface area contributed by atoms with Crippen molar-refractivity contribution in [1.29, 1.82) is 0 Å². The molecule has 0 aliphatic heterocycles. The molecule has 6 heteroatoms. The Hall–Kier alpha value is -2.47. The minimum Gasteiger partial charge on any atom is -0.490 e. The van der Waals surface area contributed by atoms with Crippen molar-refractivity contribution >= 4 is 5.69 Å². The molecule has 0 aliphatic rings. The largest absolute Gasteiger partial charge is 0.490 e. The van der Waals surface area contributed by atoms with Gasteiger partial charge in [0.05, 0.1) is 12.0 Å². The summed E-state index contributed by atoms with van der Waals surface area (Å²) in [6, 6.07) is 11.2. The summed E-state index contributed by atoms with van der Waals surface area (Å²) in [5.41, 5.74) is 1.81. The third kappa shape index (κ3) is 4.26. The maximum absolute atomic E-state index is 12.8. The average molecular weight is 304 g/mol. The number of benzene rings is 2. The molecular formula is C16H17FN2O3. The van der Waals surface area contributed by atoms with Crippen molar-refractivity contribution in [3.05, 3.63) is 69.5 Å². The molecule has 0 atom stereocenters. The van der Waals surface area contributed by atoms with E-state index in [0.29, 0.717) is 13.1 Å². The Morgan fingerprint density at radius 1 is 1.18 bits per heavy atom. The van der Waals surface area contributed by atoms with E-state index in [-0.39, 0.29) is 17.3 Å². The van der Waals surface area contributed by atoms with Crippen molar-refractivity contribution < 1.29 is 14.1 Å². The lowest BCUT2D eigenvalue weighted by Gasteiger charge is -2.07. The van der Waals surface area contributed by atoms with Crippen molar-refractivity contribution in [3.8, 4) is 5.75 Å². The fourth-order valence-electron chi connectivity index (χ4n) is 2.10. The summed E-state index contributed by atoms with van der Waals surface area (Å²) in [6.07, 6.45) is 0.762. The molecule has 2 aromatic rings. The predicted octanol–water partition coefficient (Wildman–Crippen LogP) is 3.07. The van der Waals surface area contributed by atoms with Crippen LogP contribution in [0.2, 0.25) is 0 Å². The van der Waals surface area contributed by atoms with Crippen molar-refractivity contribution in [2.75, 3.05) is 13.7 Å². The van der Waals surface area contributed by atoms with Gasteiger partial charge in [0, 0.05) is 12.6 Å². The lowest BCUT2D eigenvalue weighted by molar-refractivity contribution is -0.385. The van der Waals surface area contributed by atoms with Crippen LogP contribution in [0, 0.1) is 15.9 Å². The molecule has 116 valence electrons. The van der Waals surface area contributed by atoms with E-state index < -0.39 is 4.92 Å². The van der Waals surface area contributed by atoms with Crippen LogP contribution in [0.5, 0.6) is 5.75 Å². The van der Waals surface area contributed by atoms with Crippen LogP contribution in [-0.2, 0) is 13.0 Å². The Labute approximate surface area is 127 Å². The van der Waals surface area contributed by atoms with Gasteiger partial charge in [-0.1, -0.05) is 18.2 Å². The second-order valence-electron chi connectivity index (χ2n) is 4.82. The smallest absolute Gasteiger partial charge is 0.311 e. The van der Waals surface area contributed by atoms with E-state index in [1.54, 1.807) is 24.3 Å². The Morgan fingerprint density at radius 3 is 2.50 bits per heavy atom. The SMILES string of the molecule is COc1ccc(CNCCc2ccc(F)cc2)cc1[N+](=O)[O-]. The molecule has 2 aromatic carbocycles. The Bertz CT molecular complexity index is 644. The molecule has 2 rings (SSSR count). The van der Waals surface area contributed by atoms with E-state index in [9.17, 15) is 14.5 Å². The Kier molecular flexibility index (Phi) is 5.43. The number of halogens is 1. The normalized spacial score (nSPS) is 10.5. The van der Waals surface area contributed by atoms with Crippen molar-refractivity contribution in [2.24, 2.45) is 0 Å². The van der Waals surface area contributed by atoms with Gasteiger partial charge in [0.2, 0.25) is 0 Å². The third-order valence-corrected chi connectivity index (χ3v) is 3.27. The molecule has 0 fully saturated rings. The minimum atomic E-state index is -0.457. The first kappa shape index (κ1) is 15.9. The highest BCUT2D eigenvalue weighted by Gasteiger charge is 2.14. The maximum Gasteiger partial charge on any atom is 0.311 e. The number of hydrogen-bond acceptors (Lipinski definition) is 4. The summed E-state index contributed by atoms with van der Waals surface area (Å²) in [6.45, 7) is 1.22. The van der Waals surface area contributed by atoms with Crippen molar-refractivity contribution in [2.45, 2.75) is 13.0 Å². The second-order valence-corrected chi connectivity index (χ2v) is 4.82. The molecule has 0 spiro atoms. The Morgan fingerprint density at radius 2 is 1.86 bits per heavy atom. The summed E-state index contributed by atoms with van der Waals surface area (Å²) >= 11 is 0.